The van der Waals surface area contributed by atoms with Gasteiger partial charge in [-0.15, -0.1) is 12.4 Å². The molecule has 0 fully saturated rings. The van der Waals surface area contributed by atoms with Crippen LogP contribution in [0.4, 0.5) is 4.39 Å². The number of hydrogen-bond acceptors (Lipinski definition) is 3. The first-order chi connectivity index (χ1) is 13.7. The normalized spacial score (nSPS) is 10.7. The van der Waals surface area contributed by atoms with Gasteiger partial charge in [-0.25, -0.2) is 4.39 Å². The van der Waals surface area contributed by atoms with Gasteiger partial charge in [0.05, 0.1) is 0 Å². The molecule has 6 heteroatoms. The Labute approximate surface area is 175 Å². The Balaban J connectivity index is 0.00000240. The lowest BCUT2D eigenvalue weighted by Crippen LogP contribution is -2.20. The molecule has 0 amide bonds. The maximum Gasteiger partial charge on any atom is 0.128 e. The highest BCUT2D eigenvalue weighted by Gasteiger charge is 2.05. The van der Waals surface area contributed by atoms with Crippen molar-refractivity contribution in [3.63, 3.8) is 0 Å². The molecule has 2 N–H and O–H groups in total. The molecule has 4 nitrogen and oxygen atoms in total. The highest BCUT2D eigenvalue weighted by molar-refractivity contribution is 5.86. The van der Waals surface area contributed by atoms with Crippen LogP contribution in [0.5, 0.6) is 5.75 Å². The summed E-state index contributed by atoms with van der Waals surface area (Å²) in [6.07, 6.45) is 3.57. The fourth-order valence-electron chi connectivity index (χ4n) is 3.27. The van der Waals surface area contributed by atoms with Crippen LogP contribution in [0.3, 0.4) is 0 Å². The summed E-state index contributed by atoms with van der Waals surface area (Å²) in [7, 11) is 0. The minimum absolute atomic E-state index is 0. The molecule has 0 aliphatic rings. The Hall–Kier alpha value is -2.89. The molecule has 0 radical (unpaired) electrons. The van der Waals surface area contributed by atoms with Crippen molar-refractivity contribution in [2.24, 2.45) is 0 Å². The number of fused-ring (bicyclic) bond motifs is 1. The SMILES string of the molecule is Cc1cc2c(OCCNCc3cncc(-c4cccc(F)c4)c3)cccc2[nH]1.Cl. The topological polar surface area (TPSA) is 49.9 Å². The second-order valence-electron chi connectivity index (χ2n) is 6.79. The van der Waals surface area contributed by atoms with E-state index in [1.165, 1.54) is 12.1 Å². The number of H-pyrrole nitrogens is 1. The molecule has 150 valence electrons. The summed E-state index contributed by atoms with van der Waals surface area (Å²) in [4.78, 5) is 7.59. The van der Waals surface area contributed by atoms with Gasteiger partial charge >= 0.3 is 0 Å². The first kappa shape index (κ1) is 20.8. The van der Waals surface area contributed by atoms with Crippen molar-refractivity contribution in [2.75, 3.05) is 13.2 Å². The van der Waals surface area contributed by atoms with E-state index in [0.29, 0.717) is 19.7 Å². The highest BCUT2D eigenvalue weighted by Crippen LogP contribution is 2.26. The molecule has 2 aromatic carbocycles. The zero-order valence-corrected chi connectivity index (χ0v) is 16.9. The van der Waals surface area contributed by atoms with E-state index in [4.69, 9.17) is 4.74 Å². The van der Waals surface area contributed by atoms with Gasteiger partial charge in [0.2, 0.25) is 0 Å². The molecule has 0 unspecified atom stereocenters. The number of benzene rings is 2. The third-order valence-electron chi connectivity index (χ3n) is 4.58. The van der Waals surface area contributed by atoms with Crippen molar-refractivity contribution < 1.29 is 9.13 Å². The standard InChI is InChI=1S/C23H22FN3O.ClH/c1-16-10-21-22(27-16)6-3-7-23(21)28-9-8-25-13-17-11-19(15-26-14-17)18-4-2-5-20(24)12-18;/h2-7,10-12,14-15,25,27H,8-9,13H2,1H3;1H. The van der Waals surface area contributed by atoms with Gasteiger partial charge in [-0.05, 0) is 54.4 Å². The van der Waals surface area contributed by atoms with Crippen molar-refractivity contribution in [3.05, 3.63) is 84.1 Å². The number of rotatable bonds is 7. The van der Waals surface area contributed by atoms with Crippen LogP contribution in [0.25, 0.3) is 22.0 Å². The molecule has 0 saturated heterocycles. The molecule has 0 aliphatic carbocycles. The Morgan fingerprint density at radius 3 is 2.76 bits per heavy atom. The minimum Gasteiger partial charge on any atom is -0.492 e. The van der Waals surface area contributed by atoms with Gasteiger partial charge in [0, 0.05) is 47.6 Å². The molecule has 29 heavy (non-hydrogen) atoms. The Morgan fingerprint density at radius 1 is 1.03 bits per heavy atom. The number of ether oxygens (including phenoxy) is 1. The average molecular weight is 412 g/mol. The highest BCUT2D eigenvalue weighted by atomic mass is 35.5. The van der Waals surface area contributed by atoms with Crippen LogP contribution in [0, 0.1) is 12.7 Å². The van der Waals surface area contributed by atoms with Gasteiger partial charge in [-0.1, -0.05) is 18.2 Å². The van der Waals surface area contributed by atoms with E-state index >= 15 is 0 Å². The maximum absolute atomic E-state index is 13.4. The Morgan fingerprint density at radius 2 is 1.90 bits per heavy atom. The van der Waals surface area contributed by atoms with E-state index in [1.54, 1.807) is 12.3 Å². The van der Waals surface area contributed by atoms with Crippen LogP contribution < -0.4 is 10.1 Å². The van der Waals surface area contributed by atoms with Gasteiger partial charge in [-0.3, -0.25) is 4.98 Å². The number of aromatic nitrogens is 2. The fraction of sp³-hybridized carbons (Fsp3) is 0.174. The van der Waals surface area contributed by atoms with Gasteiger partial charge in [0.25, 0.3) is 0 Å². The van der Waals surface area contributed by atoms with Crippen LogP contribution in [0.15, 0.2) is 67.0 Å². The summed E-state index contributed by atoms with van der Waals surface area (Å²) in [5.74, 6) is 0.643. The molecule has 4 rings (SSSR count). The second kappa shape index (κ2) is 9.54. The molecule has 2 aromatic heterocycles. The van der Waals surface area contributed by atoms with E-state index in [0.717, 1.165) is 39.0 Å². The van der Waals surface area contributed by atoms with Crippen molar-refractivity contribution in [1.82, 2.24) is 15.3 Å². The third kappa shape index (κ3) is 5.13. The van der Waals surface area contributed by atoms with Crippen LogP contribution in [0.1, 0.15) is 11.3 Å². The van der Waals surface area contributed by atoms with E-state index in [1.807, 2.05) is 43.5 Å². The predicted octanol–water partition coefficient (Wildman–Crippen LogP) is 5.27. The molecule has 0 bridgehead atoms. The lowest BCUT2D eigenvalue weighted by Gasteiger charge is -2.09. The van der Waals surface area contributed by atoms with Gasteiger partial charge in [0.15, 0.2) is 0 Å². The number of halogens is 2. The minimum atomic E-state index is -0.245. The quantitative estimate of drug-likeness (QED) is 0.407. The molecule has 0 saturated carbocycles. The second-order valence-corrected chi connectivity index (χ2v) is 6.79. The number of aryl methyl sites for hydroxylation is 1. The Bertz CT molecular complexity index is 1100. The number of aromatic amines is 1. The van der Waals surface area contributed by atoms with Gasteiger partial charge in [0.1, 0.15) is 18.2 Å². The zero-order chi connectivity index (χ0) is 19.3. The molecule has 4 aromatic rings. The number of nitrogens with one attached hydrogen (secondary N) is 2. The Kier molecular flexibility index (Phi) is 6.86. The lowest BCUT2D eigenvalue weighted by atomic mass is 10.1. The molecular weight excluding hydrogens is 389 g/mol. The van der Waals surface area contributed by atoms with Crippen molar-refractivity contribution in [3.8, 4) is 16.9 Å². The summed E-state index contributed by atoms with van der Waals surface area (Å²) >= 11 is 0. The van der Waals surface area contributed by atoms with E-state index in [2.05, 4.69) is 21.4 Å². The molecule has 0 spiro atoms. The fourth-order valence-corrected chi connectivity index (χ4v) is 3.27. The molecule has 0 aliphatic heterocycles. The summed E-state index contributed by atoms with van der Waals surface area (Å²) in [6, 6.07) is 16.7. The summed E-state index contributed by atoms with van der Waals surface area (Å²) < 4.78 is 19.4. The summed E-state index contributed by atoms with van der Waals surface area (Å²) in [6.45, 7) is 3.99. The van der Waals surface area contributed by atoms with E-state index < -0.39 is 0 Å². The molecular formula is C23H23ClFN3O. The molecule has 0 atom stereocenters. The van der Waals surface area contributed by atoms with Crippen molar-refractivity contribution in [1.29, 1.82) is 0 Å². The van der Waals surface area contributed by atoms with Crippen LogP contribution in [0.2, 0.25) is 0 Å². The zero-order valence-electron chi connectivity index (χ0n) is 16.1. The number of hydrogen-bond donors (Lipinski definition) is 2. The average Bonchev–Trinajstić information content (AvgIpc) is 3.09. The first-order valence-electron chi connectivity index (χ1n) is 9.31. The van der Waals surface area contributed by atoms with Crippen LogP contribution in [-0.4, -0.2) is 23.1 Å². The predicted molar refractivity (Wildman–Crippen MR) is 117 cm³/mol. The van der Waals surface area contributed by atoms with Gasteiger partial charge < -0.3 is 15.0 Å². The monoisotopic (exact) mass is 411 g/mol. The summed E-state index contributed by atoms with van der Waals surface area (Å²) in [5, 5.41) is 4.47. The van der Waals surface area contributed by atoms with Gasteiger partial charge in [-0.2, -0.15) is 0 Å². The molecule has 2 heterocycles. The lowest BCUT2D eigenvalue weighted by molar-refractivity contribution is 0.317. The van der Waals surface area contributed by atoms with Crippen molar-refractivity contribution >= 4 is 23.3 Å². The smallest absolute Gasteiger partial charge is 0.128 e. The maximum atomic E-state index is 13.4. The third-order valence-corrected chi connectivity index (χ3v) is 4.58. The van der Waals surface area contributed by atoms with E-state index in [-0.39, 0.29) is 18.2 Å². The first-order valence-corrected chi connectivity index (χ1v) is 9.31. The summed E-state index contributed by atoms with van der Waals surface area (Å²) in [5.41, 5.74) is 4.99. The number of nitrogens with zero attached hydrogens (tertiary/aromatic N) is 1. The largest absolute Gasteiger partial charge is 0.492 e. The number of pyridine rings is 1. The van der Waals surface area contributed by atoms with Crippen LogP contribution >= 0.6 is 12.4 Å². The van der Waals surface area contributed by atoms with Crippen molar-refractivity contribution in [2.45, 2.75) is 13.5 Å². The van der Waals surface area contributed by atoms with Crippen LogP contribution in [-0.2, 0) is 6.54 Å². The van der Waals surface area contributed by atoms with E-state index in [9.17, 15) is 4.39 Å².